The standard InChI is InChI=1S/C41H57N9O9S/c1-24(2)20-30(40(58)47-27(36(43)54)18-19-60-3)46-35(53)23-44-37(55)31(21-25-10-6-4-7-11-25)49-41(59)32(22-26-12-8-5-9-13-26)50-39(57)29(14-16-33(42)51)48-38(56)28-15-17-34(52)45-28/h4-13,24,27-32H,14-23H2,1-3H3,(H2,42,51)(H2,43,54)(H,44,55)(H,45,52)(H,46,53)(H,47,58)(H,48,56)(H,49,59)(H,50,57). The van der Waals surface area contributed by atoms with Crippen LogP contribution in [0.5, 0.6) is 0 Å². The van der Waals surface area contributed by atoms with Crippen LogP contribution in [0.2, 0.25) is 0 Å². The van der Waals surface area contributed by atoms with E-state index in [1.54, 1.807) is 60.7 Å². The van der Waals surface area contributed by atoms with Gasteiger partial charge in [0, 0.05) is 25.7 Å². The summed E-state index contributed by atoms with van der Waals surface area (Å²) < 4.78 is 0. The molecule has 1 aliphatic rings. The van der Waals surface area contributed by atoms with Gasteiger partial charge in [0.15, 0.2) is 0 Å². The Morgan fingerprint density at radius 1 is 0.700 bits per heavy atom. The van der Waals surface area contributed by atoms with Crippen molar-refractivity contribution in [3.8, 4) is 0 Å². The van der Waals surface area contributed by atoms with Gasteiger partial charge in [0.25, 0.3) is 0 Å². The van der Waals surface area contributed by atoms with Crippen molar-refractivity contribution >= 4 is 64.9 Å². The largest absolute Gasteiger partial charge is 0.370 e. The molecule has 0 radical (unpaired) electrons. The molecule has 6 unspecified atom stereocenters. The van der Waals surface area contributed by atoms with Crippen LogP contribution >= 0.6 is 11.8 Å². The van der Waals surface area contributed by atoms with Crippen LogP contribution in [0.1, 0.15) is 63.5 Å². The minimum atomic E-state index is -1.31. The van der Waals surface area contributed by atoms with E-state index in [4.69, 9.17) is 11.5 Å². The second-order valence-corrected chi connectivity index (χ2v) is 15.9. The molecule has 0 aromatic heterocycles. The molecular formula is C41H57N9O9S. The fourth-order valence-corrected chi connectivity index (χ4v) is 6.81. The summed E-state index contributed by atoms with van der Waals surface area (Å²) in [6.07, 6.45) is 2.20. The van der Waals surface area contributed by atoms with Crippen LogP contribution < -0.4 is 48.7 Å². The first-order valence-electron chi connectivity index (χ1n) is 19.8. The molecule has 1 heterocycles. The van der Waals surface area contributed by atoms with Gasteiger partial charge in [-0.05, 0) is 54.7 Å². The number of nitrogens with one attached hydrogen (secondary N) is 7. The number of primary amides is 2. The van der Waals surface area contributed by atoms with Gasteiger partial charge in [0.2, 0.25) is 53.2 Å². The Labute approximate surface area is 353 Å². The molecule has 6 atom stereocenters. The van der Waals surface area contributed by atoms with Crippen molar-refractivity contribution in [1.82, 2.24) is 37.2 Å². The van der Waals surface area contributed by atoms with E-state index in [1.165, 1.54) is 11.8 Å². The molecule has 19 heteroatoms. The van der Waals surface area contributed by atoms with Crippen molar-refractivity contribution in [2.45, 2.75) is 101 Å². The van der Waals surface area contributed by atoms with Crippen LogP contribution in [0, 0.1) is 5.92 Å². The second-order valence-electron chi connectivity index (χ2n) is 14.9. The number of nitrogens with two attached hydrogens (primary N) is 2. The van der Waals surface area contributed by atoms with Crippen LogP contribution in [-0.4, -0.2) is 108 Å². The Hall–Kier alpha value is -5.98. The molecule has 1 saturated heterocycles. The van der Waals surface area contributed by atoms with Gasteiger partial charge in [0.1, 0.15) is 36.3 Å². The summed E-state index contributed by atoms with van der Waals surface area (Å²) in [5.41, 5.74) is 12.2. The number of carbonyl (C=O) groups is 9. The minimum absolute atomic E-state index is 0.0145. The third-order valence-electron chi connectivity index (χ3n) is 9.51. The average molecular weight is 852 g/mol. The van der Waals surface area contributed by atoms with Crippen molar-refractivity contribution in [1.29, 1.82) is 0 Å². The van der Waals surface area contributed by atoms with E-state index in [2.05, 4.69) is 37.2 Å². The molecule has 2 aromatic carbocycles. The van der Waals surface area contributed by atoms with E-state index >= 15 is 0 Å². The topological polar surface area (TPSA) is 290 Å². The number of hydrogen-bond donors (Lipinski definition) is 9. The smallest absolute Gasteiger partial charge is 0.243 e. The molecule has 0 saturated carbocycles. The van der Waals surface area contributed by atoms with E-state index in [0.29, 0.717) is 23.3 Å². The molecular weight excluding hydrogens is 795 g/mol. The van der Waals surface area contributed by atoms with E-state index in [1.807, 2.05) is 20.1 Å². The number of carbonyl (C=O) groups excluding carboxylic acids is 9. The fourth-order valence-electron chi connectivity index (χ4n) is 6.33. The van der Waals surface area contributed by atoms with Gasteiger partial charge in [-0.2, -0.15) is 11.8 Å². The van der Waals surface area contributed by atoms with Crippen molar-refractivity contribution in [2.24, 2.45) is 17.4 Å². The van der Waals surface area contributed by atoms with Crippen molar-refractivity contribution in [3.05, 3.63) is 71.8 Å². The summed E-state index contributed by atoms with van der Waals surface area (Å²) in [5, 5.41) is 18.2. The molecule has 0 spiro atoms. The van der Waals surface area contributed by atoms with E-state index in [0.717, 1.165) is 0 Å². The lowest BCUT2D eigenvalue weighted by atomic mass is 10.0. The van der Waals surface area contributed by atoms with Crippen molar-refractivity contribution in [2.75, 3.05) is 18.6 Å². The first kappa shape index (κ1) is 48.4. The van der Waals surface area contributed by atoms with Gasteiger partial charge in [-0.3, -0.25) is 43.2 Å². The Morgan fingerprint density at radius 2 is 1.23 bits per heavy atom. The van der Waals surface area contributed by atoms with Crippen LogP contribution in [0.4, 0.5) is 0 Å². The lowest BCUT2D eigenvalue weighted by Gasteiger charge is -2.26. The number of amides is 9. The SMILES string of the molecule is CSCCC(NC(=O)C(CC(C)C)NC(=O)CNC(=O)C(Cc1ccccc1)NC(=O)C(Cc1ccccc1)NC(=O)C(CCC(N)=O)NC(=O)C1CCC(=O)N1)C(N)=O. The number of thioether (sulfide) groups is 1. The van der Waals surface area contributed by atoms with Crippen molar-refractivity contribution in [3.63, 3.8) is 0 Å². The van der Waals surface area contributed by atoms with Crippen LogP contribution in [0.25, 0.3) is 0 Å². The summed E-state index contributed by atoms with van der Waals surface area (Å²) in [7, 11) is 0. The van der Waals surface area contributed by atoms with Gasteiger partial charge in [-0.1, -0.05) is 74.5 Å². The molecule has 18 nitrogen and oxygen atoms in total. The Morgan fingerprint density at radius 3 is 1.73 bits per heavy atom. The van der Waals surface area contributed by atoms with Gasteiger partial charge in [-0.15, -0.1) is 0 Å². The maximum Gasteiger partial charge on any atom is 0.243 e. The average Bonchev–Trinajstić information content (AvgIpc) is 3.65. The maximum atomic E-state index is 14.1. The first-order chi connectivity index (χ1) is 28.6. The van der Waals surface area contributed by atoms with E-state index in [9.17, 15) is 43.2 Å². The van der Waals surface area contributed by atoms with Gasteiger partial charge in [-0.25, -0.2) is 0 Å². The molecule has 0 bridgehead atoms. The summed E-state index contributed by atoms with van der Waals surface area (Å²) >= 11 is 1.48. The number of rotatable bonds is 25. The van der Waals surface area contributed by atoms with Gasteiger partial charge in [0.05, 0.1) is 6.54 Å². The van der Waals surface area contributed by atoms with Crippen molar-refractivity contribution < 1.29 is 43.2 Å². The monoisotopic (exact) mass is 851 g/mol. The van der Waals surface area contributed by atoms with Crippen LogP contribution in [0.15, 0.2) is 60.7 Å². The molecule has 0 aliphatic carbocycles. The van der Waals surface area contributed by atoms with Gasteiger partial charge >= 0.3 is 0 Å². The normalized spacial score (nSPS) is 15.9. The molecule has 1 fully saturated rings. The fraction of sp³-hybridized carbons (Fsp3) is 0.488. The molecule has 1 aliphatic heterocycles. The quantitative estimate of drug-likeness (QED) is 0.0578. The third kappa shape index (κ3) is 17.1. The zero-order chi connectivity index (χ0) is 44.2. The molecule has 9 amide bonds. The number of benzene rings is 2. The predicted molar refractivity (Wildman–Crippen MR) is 224 cm³/mol. The van der Waals surface area contributed by atoms with Crippen LogP contribution in [0.3, 0.4) is 0 Å². The Balaban J connectivity index is 1.81. The zero-order valence-corrected chi connectivity index (χ0v) is 34.9. The summed E-state index contributed by atoms with van der Waals surface area (Å²) in [5.74, 6) is -5.49. The highest BCUT2D eigenvalue weighted by Gasteiger charge is 2.34. The highest BCUT2D eigenvalue weighted by atomic mass is 32.2. The lowest BCUT2D eigenvalue weighted by molar-refractivity contribution is -0.134. The van der Waals surface area contributed by atoms with Crippen LogP contribution in [-0.2, 0) is 56.0 Å². The predicted octanol–water partition coefficient (Wildman–Crippen LogP) is -1.16. The summed E-state index contributed by atoms with van der Waals surface area (Å²) in [4.78, 5) is 117. The first-order valence-corrected chi connectivity index (χ1v) is 21.2. The third-order valence-corrected chi connectivity index (χ3v) is 10.2. The highest BCUT2D eigenvalue weighted by molar-refractivity contribution is 7.98. The molecule has 2 aromatic rings. The minimum Gasteiger partial charge on any atom is -0.370 e. The second kappa shape index (κ2) is 24.8. The summed E-state index contributed by atoms with van der Waals surface area (Å²) in [6.45, 7) is 3.14. The molecule has 3 rings (SSSR count). The maximum absolute atomic E-state index is 14.1. The molecule has 60 heavy (non-hydrogen) atoms. The number of hydrogen-bond acceptors (Lipinski definition) is 10. The van der Waals surface area contributed by atoms with E-state index < -0.39 is 90.1 Å². The van der Waals surface area contributed by atoms with Gasteiger partial charge < -0.3 is 48.7 Å². The Bertz CT molecular complexity index is 1820. The zero-order valence-electron chi connectivity index (χ0n) is 34.1. The summed E-state index contributed by atoms with van der Waals surface area (Å²) in [6, 6.07) is 10.8. The lowest BCUT2D eigenvalue weighted by Crippen LogP contribution is -2.59. The Kier molecular flexibility index (Phi) is 20.0. The highest BCUT2D eigenvalue weighted by Crippen LogP contribution is 2.11. The van der Waals surface area contributed by atoms with E-state index in [-0.39, 0.29) is 56.8 Å². The molecule has 326 valence electrons. The molecule has 11 N–H and O–H groups in total.